The van der Waals surface area contributed by atoms with Crippen LogP contribution >= 0.6 is 0 Å². The Hall–Kier alpha value is -3.26. The van der Waals surface area contributed by atoms with E-state index < -0.39 is 26.6 Å². The number of aryl methyl sites for hydroxylation is 1. The van der Waals surface area contributed by atoms with Crippen molar-refractivity contribution in [3.05, 3.63) is 95.1 Å². The van der Waals surface area contributed by atoms with Gasteiger partial charge in [0.25, 0.3) is 15.9 Å². The molecule has 150 valence electrons. The molecule has 0 fully saturated rings. The molecule has 29 heavy (non-hydrogen) atoms. The topological polar surface area (TPSA) is 75.3 Å². The molecule has 0 aliphatic heterocycles. The molecule has 0 heterocycles. The van der Waals surface area contributed by atoms with E-state index in [1.165, 1.54) is 24.3 Å². The first kappa shape index (κ1) is 20.5. The first-order valence-electron chi connectivity index (χ1n) is 8.66. The second-order valence-electron chi connectivity index (χ2n) is 6.43. The van der Waals surface area contributed by atoms with Crippen LogP contribution in [-0.4, -0.2) is 14.3 Å². The summed E-state index contributed by atoms with van der Waals surface area (Å²) >= 11 is 0. The van der Waals surface area contributed by atoms with Crippen molar-refractivity contribution in [2.24, 2.45) is 0 Å². The number of carbonyl (C=O) groups is 1. The quantitative estimate of drug-likeness (QED) is 0.638. The zero-order chi connectivity index (χ0) is 21.0. The third-order valence-corrected chi connectivity index (χ3v) is 5.55. The summed E-state index contributed by atoms with van der Waals surface area (Å²) in [6.45, 7) is 2.34. The van der Waals surface area contributed by atoms with Crippen molar-refractivity contribution >= 4 is 21.6 Å². The van der Waals surface area contributed by atoms with Gasteiger partial charge in [0, 0.05) is 17.8 Å². The molecule has 0 saturated heterocycles. The Kier molecular flexibility index (Phi) is 5.93. The summed E-state index contributed by atoms with van der Waals surface area (Å²) in [7, 11) is -4.09. The van der Waals surface area contributed by atoms with Crippen LogP contribution in [0.5, 0.6) is 0 Å². The molecule has 1 amide bonds. The molecule has 0 radical (unpaired) electrons. The average Bonchev–Trinajstić information content (AvgIpc) is 2.69. The summed E-state index contributed by atoms with van der Waals surface area (Å²) in [6, 6.07) is 15.8. The Morgan fingerprint density at radius 3 is 2.17 bits per heavy atom. The summed E-state index contributed by atoms with van der Waals surface area (Å²) in [6.07, 6.45) is 0. The Balaban J connectivity index is 1.65. The van der Waals surface area contributed by atoms with Crippen molar-refractivity contribution < 1.29 is 22.0 Å². The van der Waals surface area contributed by atoms with Crippen LogP contribution in [0.3, 0.4) is 0 Å². The van der Waals surface area contributed by atoms with E-state index in [1.54, 1.807) is 0 Å². The lowest BCUT2D eigenvalue weighted by molar-refractivity contribution is 0.0951. The summed E-state index contributed by atoms with van der Waals surface area (Å²) in [5.74, 6) is -2.70. The molecule has 0 aromatic heterocycles. The minimum atomic E-state index is -4.09. The zero-order valence-electron chi connectivity index (χ0n) is 15.4. The first-order valence-corrected chi connectivity index (χ1v) is 10.1. The molecule has 0 aliphatic rings. The number of halogens is 2. The fourth-order valence-electron chi connectivity index (χ4n) is 2.54. The van der Waals surface area contributed by atoms with Crippen molar-refractivity contribution in [3.8, 4) is 0 Å². The lowest BCUT2D eigenvalue weighted by Crippen LogP contribution is -2.22. The van der Waals surface area contributed by atoms with Gasteiger partial charge in [0.1, 0.15) is 0 Å². The molecule has 0 bridgehead atoms. The summed E-state index contributed by atoms with van der Waals surface area (Å²) in [5.41, 5.74) is 2.62. The molecule has 0 unspecified atom stereocenters. The molecule has 3 aromatic carbocycles. The highest BCUT2D eigenvalue weighted by Gasteiger charge is 2.17. The molecule has 0 atom stereocenters. The minimum Gasteiger partial charge on any atom is -0.348 e. The number of hydrogen-bond donors (Lipinski definition) is 2. The van der Waals surface area contributed by atoms with Gasteiger partial charge >= 0.3 is 0 Å². The van der Waals surface area contributed by atoms with Crippen LogP contribution in [-0.2, 0) is 16.6 Å². The first-order chi connectivity index (χ1) is 13.7. The SMILES string of the molecule is Cc1ccc(CNC(=O)c2ccc(NS(=O)(=O)c3ccc(F)c(F)c3)cc2)cc1. The van der Waals surface area contributed by atoms with Gasteiger partial charge in [-0.05, 0) is 55.0 Å². The van der Waals surface area contributed by atoms with Crippen LogP contribution in [0.25, 0.3) is 0 Å². The van der Waals surface area contributed by atoms with Crippen LogP contribution in [0, 0.1) is 18.6 Å². The summed E-state index contributed by atoms with van der Waals surface area (Å²) in [4.78, 5) is 11.8. The second kappa shape index (κ2) is 8.40. The van der Waals surface area contributed by atoms with Gasteiger partial charge in [-0.1, -0.05) is 29.8 Å². The highest BCUT2D eigenvalue weighted by Crippen LogP contribution is 2.19. The van der Waals surface area contributed by atoms with Gasteiger partial charge in [0.2, 0.25) is 0 Å². The van der Waals surface area contributed by atoms with Crippen LogP contribution in [0.1, 0.15) is 21.5 Å². The highest BCUT2D eigenvalue weighted by atomic mass is 32.2. The summed E-state index contributed by atoms with van der Waals surface area (Å²) < 4.78 is 53.1. The van der Waals surface area contributed by atoms with Gasteiger partial charge in [0.05, 0.1) is 4.90 Å². The number of carbonyl (C=O) groups excluding carboxylic acids is 1. The van der Waals surface area contributed by atoms with E-state index >= 15 is 0 Å². The molecule has 0 saturated carbocycles. The van der Waals surface area contributed by atoms with Gasteiger partial charge in [-0.25, -0.2) is 17.2 Å². The van der Waals surface area contributed by atoms with Gasteiger partial charge in [-0.15, -0.1) is 0 Å². The van der Waals surface area contributed by atoms with Crippen LogP contribution in [0.15, 0.2) is 71.6 Å². The minimum absolute atomic E-state index is 0.185. The van der Waals surface area contributed by atoms with E-state index in [0.717, 1.165) is 23.3 Å². The van der Waals surface area contributed by atoms with Gasteiger partial charge < -0.3 is 5.32 Å². The lowest BCUT2D eigenvalue weighted by Gasteiger charge is -2.10. The van der Waals surface area contributed by atoms with Gasteiger partial charge in [0.15, 0.2) is 11.6 Å². The third kappa shape index (κ3) is 5.17. The zero-order valence-corrected chi connectivity index (χ0v) is 16.3. The summed E-state index contributed by atoms with van der Waals surface area (Å²) in [5, 5.41) is 2.79. The number of amides is 1. The molecule has 5 nitrogen and oxygen atoms in total. The standard InChI is InChI=1S/C21H18F2N2O3S/c1-14-2-4-15(5-3-14)13-24-21(26)16-6-8-17(9-7-16)25-29(27,28)18-10-11-19(22)20(23)12-18/h2-12,25H,13H2,1H3,(H,24,26). The molecular weight excluding hydrogens is 398 g/mol. The number of nitrogens with one attached hydrogen (secondary N) is 2. The Bertz CT molecular complexity index is 1130. The highest BCUT2D eigenvalue weighted by molar-refractivity contribution is 7.92. The molecule has 0 aliphatic carbocycles. The van der Waals surface area contributed by atoms with Crippen molar-refractivity contribution in [2.45, 2.75) is 18.4 Å². The Morgan fingerprint density at radius 1 is 0.897 bits per heavy atom. The number of sulfonamides is 1. The fraction of sp³-hybridized carbons (Fsp3) is 0.0952. The van der Waals surface area contributed by atoms with Crippen LogP contribution in [0.2, 0.25) is 0 Å². The number of rotatable bonds is 6. The van der Waals surface area contributed by atoms with E-state index in [4.69, 9.17) is 0 Å². The van der Waals surface area contributed by atoms with Crippen molar-refractivity contribution in [2.75, 3.05) is 4.72 Å². The maximum atomic E-state index is 13.3. The predicted octanol–water partition coefficient (Wildman–Crippen LogP) is 4.00. The lowest BCUT2D eigenvalue weighted by atomic mass is 10.1. The van der Waals surface area contributed by atoms with E-state index in [1.807, 2.05) is 31.2 Å². The molecular formula is C21H18F2N2O3S. The maximum Gasteiger partial charge on any atom is 0.261 e. The molecule has 3 rings (SSSR count). The fourth-order valence-corrected chi connectivity index (χ4v) is 3.61. The maximum absolute atomic E-state index is 13.3. The average molecular weight is 416 g/mol. The van der Waals surface area contributed by atoms with Gasteiger partial charge in [-0.2, -0.15) is 0 Å². The van der Waals surface area contributed by atoms with Crippen LogP contribution < -0.4 is 10.0 Å². The van der Waals surface area contributed by atoms with E-state index in [2.05, 4.69) is 10.0 Å². The van der Waals surface area contributed by atoms with Crippen molar-refractivity contribution in [1.82, 2.24) is 5.32 Å². The number of anilines is 1. The van der Waals surface area contributed by atoms with Crippen LogP contribution in [0.4, 0.5) is 14.5 Å². The third-order valence-electron chi connectivity index (χ3n) is 4.17. The molecule has 0 spiro atoms. The monoisotopic (exact) mass is 416 g/mol. The van der Waals surface area contributed by atoms with Gasteiger partial charge in [-0.3, -0.25) is 9.52 Å². The van der Waals surface area contributed by atoms with E-state index in [-0.39, 0.29) is 11.6 Å². The predicted molar refractivity (Wildman–Crippen MR) is 106 cm³/mol. The molecule has 3 aromatic rings. The molecule has 2 N–H and O–H groups in total. The van der Waals surface area contributed by atoms with Crippen molar-refractivity contribution in [1.29, 1.82) is 0 Å². The van der Waals surface area contributed by atoms with E-state index in [0.29, 0.717) is 18.2 Å². The Morgan fingerprint density at radius 2 is 1.55 bits per heavy atom. The number of benzene rings is 3. The largest absolute Gasteiger partial charge is 0.348 e. The normalized spacial score (nSPS) is 11.1. The van der Waals surface area contributed by atoms with Crippen molar-refractivity contribution in [3.63, 3.8) is 0 Å². The smallest absolute Gasteiger partial charge is 0.261 e. The number of hydrogen-bond acceptors (Lipinski definition) is 3. The second-order valence-corrected chi connectivity index (χ2v) is 8.11. The Labute approximate surface area is 167 Å². The molecule has 8 heteroatoms. The van der Waals surface area contributed by atoms with E-state index in [9.17, 15) is 22.0 Å².